The van der Waals surface area contributed by atoms with E-state index in [-0.39, 0.29) is 11.9 Å². The third-order valence-electron chi connectivity index (χ3n) is 2.59. The molecule has 0 saturated carbocycles. The van der Waals surface area contributed by atoms with Crippen molar-refractivity contribution in [1.82, 2.24) is 5.32 Å². The largest absolute Gasteiger partial charge is 0.481 e. The number of hydrogen-bond donors (Lipinski definition) is 2. The predicted octanol–water partition coefficient (Wildman–Crippen LogP) is 2.24. The second-order valence-corrected chi connectivity index (χ2v) is 5.44. The van der Waals surface area contributed by atoms with Crippen LogP contribution in [0.4, 0.5) is 0 Å². The number of nitrogens with one attached hydrogen (secondary N) is 1. The van der Waals surface area contributed by atoms with Gasteiger partial charge >= 0.3 is 0 Å². The second kappa shape index (κ2) is 7.50. The van der Waals surface area contributed by atoms with Crippen LogP contribution in [0.5, 0.6) is 5.75 Å². The van der Waals surface area contributed by atoms with Crippen molar-refractivity contribution in [2.45, 2.75) is 39.3 Å². The van der Waals surface area contributed by atoms with E-state index in [9.17, 15) is 4.79 Å². The first-order valence-corrected chi connectivity index (χ1v) is 7.21. The molecular formula is C14H21BrN2O2. The van der Waals surface area contributed by atoms with Crippen molar-refractivity contribution in [2.75, 3.05) is 6.54 Å². The van der Waals surface area contributed by atoms with Gasteiger partial charge in [-0.2, -0.15) is 0 Å². The van der Waals surface area contributed by atoms with Crippen LogP contribution in [0.25, 0.3) is 0 Å². The van der Waals surface area contributed by atoms with Crippen LogP contribution in [0.2, 0.25) is 0 Å². The van der Waals surface area contributed by atoms with Crippen molar-refractivity contribution in [3.63, 3.8) is 0 Å². The number of carbonyl (C=O) groups is 1. The molecule has 0 bridgehead atoms. The van der Waals surface area contributed by atoms with Crippen molar-refractivity contribution >= 4 is 21.8 Å². The van der Waals surface area contributed by atoms with Gasteiger partial charge in [-0.3, -0.25) is 4.79 Å². The number of amides is 1. The SMILES string of the molecule is CCNC(=O)C(C)Oc1ccc(Br)c(CC(C)N)c1. The quantitative estimate of drug-likeness (QED) is 0.841. The minimum atomic E-state index is -0.510. The Morgan fingerprint density at radius 1 is 1.47 bits per heavy atom. The smallest absolute Gasteiger partial charge is 0.260 e. The summed E-state index contributed by atoms with van der Waals surface area (Å²) >= 11 is 3.49. The van der Waals surface area contributed by atoms with Gasteiger partial charge in [0.25, 0.3) is 5.91 Å². The monoisotopic (exact) mass is 328 g/mol. The Hall–Kier alpha value is -1.07. The molecule has 19 heavy (non-hydrogen) atoms. The van der Waals surface area contributed by atoms with Crippen molar-refractivity contribution in [1.29, 1.82) is 0 Å². The summed E-state index contributed by atoms with van der Waals surface area (Å²) in [7, 11) is 0. The number of benzene rings is 1. The normalized spacial score (nSPS) is 13.7. The molecule has 0 fully saturated rings. The lowest BCUT2D eigenvalue weighted by atomic mass is 10.1. The standard InChI is InChI=1S/C14H21BrN2O2/c1-4-17-14(18)10(3)19-12-5-6-13(15)11(8-12)7-9(2)16/h5-6,8-10H,4,7,16H2,1-3H3,(H,17,18). The first kappa shape index (κ1) is 16.0. The van der Waals surface area contributed by atoms with Crippen LogP contribution in [0, 0.1) is 0 Å². The molecule has 1 rings (SSSR count). The molecule has 0 heterocycles. The number of nitrogens with two attached hydrogens (primary N) is 1. The molecule has 5 heteroatoms. The molecule has 0 aliphatic rings. The minimum Gasteiger partial charge on any atom is -0.481 e. The van der Waals surface area contributed by atoms with E-state index in [0.29, 0.717) is 12.3 Å². The molecule has 0 spiro atoms. The van der Waals surface area contributed by atoms with Crippen LogP contribution in [-0.4, -0.2) is 24.6 Å². The lowest BCUT2D eigenvalue weighted by Gasteiger charge is -2.16. The zero-order valence-electron chi connectivity index (χ0n) is 11.6. The van der Waals surface area contributed by atoms with Crippen LogP contribution in [0.1, 0.15) is 26.3 Å². The van der Waals surface area contributed by atoms with Crippen molar-refractivity contribution in [2.24, 2.45) is 5.73 Å². The molecule has 4 nitrogen and oxygen atoms in total. The molecule has 0 saturated heterocycles. The molecule has 3 N–H and O–H groups in total. The van der Waals surface area contributed by atoms with Gasteiger partial charge in [0.1, 0.15) is 5.75 Å². The van der Waals surface area contributed by atoms with Gasteiger partial charge in [-0.15, -0.1) is 0 Å². The van der Waals surface area contributed by atoms with Gasteiger partial charge in [-0.05, 0) is 51.0 Å². The summed E-state index contributed by atoms with van der Waals surface area (Å²) in [5.41, 5.74) is 6.89. The Balaban J connectivity index is 2.76. The maximum Gasteiger partial charge on any atom is 0.260 e. The Bertz CT molecular complexity index is 435. The lowest BCUT2D eigenvalue weighted by molar-refractivity contribution is -0.127. The molecule has 2 atom stereocenters. The number of hydrogen-bond acceptors (Lipinski definition) is 3. The number of carbonyl (C=O) groups excluding carboxylic acids is 1. The molecule has 0 aliphatic carbocycles. The highest BCUT2D eigenvalue weighted by Crippen LogP contribution is 2.24. The van der Waals surface area contributed by atoms with E-state index in [2.05, 4.69) is 21.2 Å². The minimum absolute atomic E-state index is 0.0763. The number of halogens is 1. The van der Waals surface area contributed by atoms with Crippen LogP contribution in [0.3, 0.4) is 0 Å². The second-order valence-electron chi connectivity index (χ2n) is 4.59. The number of ether oxygens (including phenoxy) is 1. The highest BCUT2D eigenvalue weighted by molar-refractivity contribution is 9.10. The molecule has 1 aromatic rings. The van der Waals surface area contributed by atoms with Crippen LogP contribution in [-0.2, 0) is 11.2 Å². The number of rotatable bonds is 6. The van der Waals surface area contributed by atoms with Gasteiger partial charge in [0.05, 0.1) is 0 Å². The molecule has 0 radical (unpaired) electrons. The summed E-state index contributed by atoms with van der Waals surface area (Å²) in [5.74, 6) is 0.566. The summed E-state index contributed by atoms with van der Waals surface area (Å²) in [6.07, 6.45) is 0.247. The maximum absolute atomic E-state index is 11.6. The zero-order valence-corrected chi connectivity index (χ0v) is 13.2. The summed E-state index contributed by atoms with van der Waals surface area (Å²) in [6.45, 7) is 6.17. The van der Waals surface area contributed by atoms with E-state index in [4.69, 9.17) is 10.5 Å². The van der Waals surface area contributed by atoms with E-state index < -0.39 is 6.10 Å². The third kappa shape index (κ3) is 5.20. The molecule has 1 aromatic carbocycles. The lowest BCUT2D eigenvalue weighted by Crippen LogP contribution is -2.36. The van der Waals surface area contributed by atoms with Crippen LogP contribution in [0.15, 0.2) is 22.7 Å². The molecule has 2 unspecified atom stereocenters. The van der Waals surface area contributed by atoms with Crippen molar-refractivity contribution < 1.29 is 9.53 Å². The van der Waals surface area contributed by atoms with E-state index in [1.54, 1.807) is 6.92 Å². The van der Waals surface area contributed by atoms with E-state index in [0.717, 1.165) is 16.5 Å². The highest BCUT2D eigenvalue weighted by Gasteiger charge is 2.14. The van der Waals surface area contributed by atoms with Crippen LogP contribution >= 0.6 is 15.9 Å². The Labute approximate surface area is 122 Å². The van der Waals surface area contributed by atoms with E-state index >= 15 is 0 Å². The fourth-order valence-corrected chi connectivity index (χ4v) is 2.11. The Morgan fingerprint density at radius 3 is 2.74 bits per heavy atom. The van der Waals surface area contributed by atoms with Crippen LogP contribution < -0.4 is 15.8 Å². The van der Waals surface area contributed by atoms with E-state index in [1.807, 2.05) is 32.0 Å². The fraction of sp³-hybridized carbons (Fsp3) is 0.500. The highest BCUT2D eigenvalue weighted by atomic mass is 79.9. The summed E-state index contributed by atoms with van der Waals surface area (Å²) in [5, 5.41) is 2.73. The molecule has 106 valence electrons. The molecule has 0 aromatic heterocycles. The summed E-state index contributed by atoms with van der Waals surface area (Å²) in [4.78, 5) is 11.6. The average Bonchev–Trinajstić information content (AvgIpc) is 2.33. The molecule has 0 aliphatic heterocycles. The third-order valence-corrected chi connectivity index (χ3v) is 3.37. The average molecular weight is 329 g/mol. The topological polar surface area (TPSA) is 64.3 Å². The Kier molecular flexibility index (Phi) is 6.31. The van der Waals surface area contributed by atoms with Gasteiger partial charge in [0.15, 0.2) is 6.10 Å². The van der Waals surface area contributed by atoms with Gasteiger partial charge in [0.2, 0.25) is 0 Å². The van der Waals surface area contributed by atoms with Crippen molar-refractivity contribution in [3.8, 4) is 5.75 Å². The van der Waals surface area contributed by atoms with Gasteiger partial charge in [-0.1, -0.05) is 15.9 Å². The van der Waals surface area contributed by atoms with Gasteiger partial charge < -0.3 is 15.8 Å². The maximum atomic E-state index is 11.6. The molecule has 1 amide bonds. The fourth-order valence-electron chi connectivity index (χ4n) is 1.70. The van der Waals surface area contributed by atoms with E-state index in [1.165, 1.54) is 0 Å². The predicted molar refractivity (Wildman–Crippen MR) is 80.3 cm³/mol. The van der Waals surface area contributed by atoms with Gasteiger partial charge in [0, 0.05) is 17.1 Å². The summed E-state index contributed by atoms with van der Waals surface area (Å²) < 4.78 is 6.63. The molecular weight excluding hydrogens is 308 g/mol. The zero-order chi connectivity index (χ0) is 14.4. The van der Waals surface area contributed by atoms with Crippen molar-refractivity contribution in [3.05, 3.63) is 28.2 Å². The van der Waals surface area contributed by atoms with Gasteiger partial charge in [-0.25, -0.2) is 0 Å². The number of likely N-dealkylation sites (N-methyl/N-ethyl adjacent to an activating group) is 1. The Morgan fingerprint density at radius 2 is 2.16 bits per heavy atom. The first-order chi connectivity index (χ1) is 8.93. The first-order valence-electron chi connectivity index (χ1n) is 6.42. The summed E-state index contributed by atoms with van der Waals surface area (Å²) in [6, 6.07) is 5.75.